The number of piperazine rings is 2. The van der Waals surface area contributed by atoms with Gasteiger partial charge in [0.15, 0.2) is 21.7 Å². The Morgan fingerprint density at radius 3 is 1.74 bits per heavy atom. The number of nitrogens with one attached hydrogen (secondary N) is 2. The van der Waals surface area contributed by atoms with Gasteiger partial charge in [0.25, 0.3) is 11.1 Å². The van der Waals surface area contributed by atoms with Crippen LogP contribution in [-0.4, -0.2) is 87.1 Å². The van der Waals surface area contributed by atoms with E-state index in [4.69, 9.17) is 10.5 Å². The Hall–Kier alpha value is -5.45. The van der Waals surface area contributed by atoms with Gasteiger partial charge in [-0.15, -0.1) is 22.7 Å². The summed E-state index contributed by atoms with van der Waals surface area (Å²) in [5, 5.41) is 24.4. The SMILES string of the molecule is CCc1cc2ccc(CN3CCN(c4nc(C#N)cs4)CC3)cc2[nH]c1=O.CCc1cc2ncc(CN3CCN(c4nc(C#N)cs4)CC3)cc2[nH]c1=O. The fourth-order valence-corrected chi connectivity index (χ4v) is 8.41. The van der Waals surface area contributed by atoms with Crippen molar-refractivity contribution in [2.75, 3.05) is 62.2 Å². The summed E-state index contributed by atoms with van der Waals surface area (Å²) in [5.41, 5.74) is 7.38. The summed E-state index contributed by atoms with van der Waals surface area (Å²) in [4.78, 5) is 52.5. The molecule has 0 spiro atoms. The highest BCUT2D eigenvalue weighted by molar-refractivity contribution is 7.14. The molecule has 0 saturated carbocycles. The molecule has 7 heterocycles. The molecule has 0 aliphatic carbocycles. The minimum absolute atomic E-state index is 0.0101. The Balaban J connectivity index is 0.000000167. The van der Waals surface area contributed by atoms with Gasteiger partial charge in [-0.3, -0.25) is 24.4 Å². The summed E-state index contributed by atoms with van der Waals surface area (Å²) in [6.45, 7) is 13.0. The Bertz CT molecular complexity index is 2290. The molecule has 13 nitrogen and oxygen atoms in total. The van der Waals surface area contributed by atoms with E-state index in [1.54, 1.807) is 5.38 Å². The van der Waals surface area contributed by atoms with E-state index in [-0.39, 0.29) is 11.1 Å². The minimum atomic E-state index is -0.0299. The van der Waals surface area contributed by atoms with Gasteiger partial charge in [-0.1, -0.05) is 26.0 Å². The third-order valence-corrected chi connectivity index (χ3v) is 11.7. The third-order valence-electron chi connectivity index (χ3n) is 9.89. The number of aryl methyl sites for hydroxylation is 2. The number of nitriles is 2. The molecule has 1 aromatic carbocycles. The highest BCUT2D eigenvalue weighted by atomic mass is 32.1. The average molecular weight is 760 g/mol. The molecule has 54 heavy (non-hydrogen) atoms. The Kier molecular flexibility index (Phi) is 11.4. The number of anilines is 2. The molecule has 5 aromatic heterocycles. The van der Waals surface area contributed by atoms with Crippen LogP contribution in [0.4, 0.5) is 10.3 Å². The summed E-state index contributed by atoms with van der Waals surface area (Å²) in [6, 6.07) is 16.4. The molecule has 2 saturated heterocycles. The fourth-order valence-electron chi connectivity index (χ4n) is 6.80. The van der Waals surface area contributed by atoms with Crippen molar-refractivity contribution < 1.29 is 0 Å². The van der Waals surface area contributed by atoms with Crippen LogP contribution in [0.15, 0.2) is 62.9 Å². The van der Waals surface area contributed by atoms with Crippen LogP contribution in [0.5, 0.6) is 0 Å². The molecular weight excluding hydrogens is 719 g/mol. The zero-order chi connectivity index (χ0) is 37.6. The zero-order valence-corrected chi connectivity index (χ0v) is 32.0. The van der Waals surface area contributed by atoms with E-state index in [9.17, 15) is 9.59 Å². The molecule has 2 aliphatic heterocycles. The van der Waals surface area contributed by atoms with Gasteiger partial charge < -0.3 is 19.8 Å². The molecule has 0 amide bonds. The molecule has 0 unspecified atom stereocenters. The molecule has 6 aromatic rings. The Morgan fingerprint density at radius 1 is 0.685 bits per heavy atom. The van der Waals surface area contributed by atoms with E-state index in [0.29, 0.717) is 17.8 Å². The second-order valence-corrected chi connectivity index (χ2v) is 15.1. The minimum Gasteiger partial charge on any atom is -0.345 e. The molecule has 0 radical (unpaired) electrons. The molecule has 276 valence electrons. The Labute approximate surface area is 320 Å². The maximum Gasteiger partial charge on any atom is 0.251 e. The molecule has 2 N–H and O–H groups in total. The number of fused-ring (bicyclic) bond motifs is 2. The molecule has 15 heteroatoms. The fraction of sp³-hybridized carbons (Fsp3) is 0.359. The van der Waals surface area contributed by atoms with Crippen LogP contribution in [0.25, 0.3) is 21.9 Å². The first-order chi connectivity index (χ1) is 26.3. The normalized spacial score (nSPS) is 15.2. The van der Waals surface area contributed by atoms with Gasteiger partial charge in [0.05, 0.1) is 11.0 Å². The van der Waals surface area contributed by atoms with E-state index in [2.05, 4.69) is 74.9 Å². The van der Waals surface area contributed by atoms with Gasteiger partial charge >= 0.3 is 0 Å². The van der Waals surface area contributed by atoms with E-state index >= 15 is 0 Å². The van der Waals surface area contributed by atoms with Gasteiger partial charge in [0.2, 0.25) is 0 Å². The monoisotopic (exact) mass is 759 g/mol. The number of H-pyrrole nitrogens is 2. The maximum absolute atomic E-state index is 12.1. The molecule has 2 fully saturated rings. The second kappa shape index (κ2) is 16.7. The van der Waals surface area contributed by atoms with Crippen LogP contribution >= 0.6 is 22.7 Å². The summed E-state index contributed by atoms with van der Waals surface area (Å²) < 4.78 is 0. The van der Waals surface area contributed by atoms with Crippen molar-refractivity contribution in [1.82, 2.24) is 34.7 Å². The summed E-state index contributed by atoms with van der Waals surface area (Å²) in [6.07, 6.45) is 3.34. The number of thiazole rings is 2. The molecule has 2 aliphatic rings. The standard InChI is InChI=1S/C20H21N5OS.C19H20N6OS/c1-2-15-10-16-4-3-14(9-18(16)23-19(15)26)12-24-5-7-25(8-6-24)20-22-17(11-21)13-27-20;1-2-14-8-16-17(23-18(14)26)7-13(10-21-16)11-24-3-5-25(6-4-24)19-22-15(9-20)12-27-19/h3-4,9-10,13H,2,5-8,12H2,1H3,(H,23,26);7-8,10,12H,2-6,11H2,1H3,(H,23,26). The van der Waals surface area contributed by atoms with E-state index in [1.165, 1.54) is 28.2 Å². The number of pyridine rings is 3. The van der Waals surface area contributed by atoms with Crippen LogP contribution in [0, 0.1) is 22.7 Å². The highest BCUT2D eigenvalue weighted by Gasteiger charge is 2.21. The summed E-state index contributed by atoms with van der Waals surface area (Å²) in [5.74, 6) is 0. The van der Waals surface area contributed by atoms with Crippen LogP contribution in [0.3, 0.4) is 0 Å². The Morgan fingerprint density at radius 2 is 1.20 bits per heavy atom. The predicted molar refractivity (Wildman–Crippen MR) is 214 cm³/mol. The molecule has 0 bridgehead atoms. The predicted octanol–water partition coefficient (Wildman–Crippen LogP) is 4.88. The average Bonchev–Trinajstić information content (AvgIpc) is 3.89. The first-order valence-electron chi connectivity index (χ1n) is 18.1. The quantitative estimate of drug-likeness (QED) is 0.217. The van der Waals surface area contributed by atoms with Crippen molar-refractivity contribution in [3.8, 4) is 12.1 Å². The van der Waals surface area contributed by atoms with Gasteiger partial charge in [0.1, 0.15) is 12.1 Å². The second-order valence-electron chi connectivity index (χ2n) is 13.4. The lowest BCUT2D eigenvalue weighted by Gasteiger charge is -2.34. The zero-order valence-electron chi connectivity index (χ0n) is 30.3. The summed E-state index contributed by atoms with van der Waals surface area (Å²) >= 11 is 3.05. The van der Waals surface area contributed by atoms with Crippen LogP contribution in [-0.2, 0) is 25.9 Å². The van der Waals surface area contributed by atoms with Gasteiger partial charge in [-0.25, -0.2) is 9.97 Å². The maximum atomic E-state index is 12.1. The first-order valence-corrected chi connectivity index (χ1v) is 19.9. The smallest absolute Gasteiger partial charge is 0.251 e. The highest BCUT2D eigenvalue weighted by Crippen LogP contribution is 2.24. The molecule has 8 rings (SSSR count). The van der Waals surface area contributed by atoms with Crippen molar-refractivity contribution in [2.24, 2.45) is 0 Å². The van der Waals surface area contributed by atoms with E-state index < -0.39 is 0 Å². The van der Waals surface area contributed by atoms with Crippen LogP contribution in [0.2, 0.25) is 0 Å². The number of benzene rings is 1. The van der Waals surface area contributed by atoms with Gasteiger partial charge in [0, 0.05) is 99.0 Å². The molecule has 0 atom stereocenters. The lowest BCUT2D eigenvalue weighted by atomic mass is 10.1. The van der Waals surface area contributed by atoms with Crippen molar-refractivity contribution in [3.05, 3.63) is 108 Å². The summed E-state index contributed by atoms with van der Waals surface area (Å²) in [7, 11) is 0. The number of aromatic nitrogens is 5. The van der Waals surface area contributed by atoms with E-state index in [0.717, 1.165) is 121 Å². The van der Waals surface area contributed by atoms with Crippen molar-refractivity contribution in [2.45, 2.75) is 39.8 Å². The van der Waals surface area contributed by atoms with Crippen molar-refractivity contribution in [1.29, 1.82) is 10.5 Å². The number of rotatable bonds is 8. The number of hydrogen-bond donors (Lipinski definition) is 2. The van der Waals surface area contributed by atoms with Crippen LogP contribution < -0.4 is 20.9 Å². The first kappa shape index (κ1) is 36.9. The molecular formula is C39H41N11O2S2. The number of nitrogens with zero attached hydrogens (tertiary/aromatic N) is 9. The third kappa shape index (κ3) is 8.51. The van der Waals surface area contributed by atoms with Crippen LogP contribution in [0.1, 0.15) is 47.5 Å². The van der Waals surface area contributed by atoms with Crippen molar-refractivity contribution in [3.63, 3.8) is 0 Å². The largest absolute Gasteiger partial charge is 0.345 e. The topological polar surface area (TPSA) is 165 Å². The lowest BCUT2D eigenvalue weighted by Crippen LogP contribution is -2.45. The van der Waals surface area contributed by atoms with Crippen molar-refractivity contribution >= 4 is 54.9 Å². The van der Waals surface area contributed by atoms with Gasteiger partial charge in [-0.05, 0) is 53.6 Å². The lowest BCUT2D eigenvalue weighted by molar-refractivity contribution is 0.249. The van der Waals surface area contributed by atoms with Gasteiger partial charge in [-0.2, -0.15) is 10.5 Å². The van der Waals surface area contributed by atoms with E-state index in [1.807, 2.05) is 43.6 Å². The number of aromatic amines is 2. The number of hydrogen-bond acceptors (Lipinski definition) is 13.